The molecule has 2 N–H and O–H groups in total. The molecule has 2 rings (SSSR count). The Kier molecular flexibility index (Phi) is 5.26. The molecule has 0 saturated heterocycles. The number of methoxy groups -OCH3 is 2. The number of aryl methyl sites for hydroxylation is 1. The summed E-state index contributed by atoms with van der Waals surface area (Å²) in [7, 11) is 5.65. The van der Waals surface area contributed by atoms with Crippen molar-refractivity contribution in [1.82, 2.24) is 4.90 Å². The number of hydrogen-bond donors (Lipinski definition) is 1. The van der Waals surface area contributed by atoms with E-state index in [-0.39, 0.29) is 0 Å². The molecule has 0 bridgehead atoms. The Morgan fingerprint density at radius 1 is 1.25 bits per heavy atom. The van der Waals surface area contributed by atoms with Crippen molar-refractivity contribution in [2.75, 3.05) is 40.2 Å². The number of hydrogen-bond acceptors (Lipinski definition) is 4. The Morgan fingerprint density at radius 3 is 2.70 bits per heavy atom. The van der Waals surface area contributed by atoms with Gasteiger partial charge in [0.2, 0.25) is 0 Å². The van der Waals surface area contributed by atoms with Gasteiger partial charge in [-0.25, -0.2) is 0 Å². The fraction of sp³-hybridized carbons (Fsp3) is 0.625. The summed E-state index contributed by atoms with van der Waals surface area (Å²) >= 11 is 0. The summed E-state index contributed by atoms with van der Waals surface area (Å²) in [6, 6.07) is 4.72. The van der Waals surface area contributed by atoms with Gasteiger partial charge >= 0.3 is 0 Å². The second-order valence-corrected chi connectivity index (χ2v) is 5.53. The summed E-state index contributed by atoms with van der Waals surface area (Å²) < 4.78 is 10.7. The van der Waals surface area contributed by atoms with Crippen LogP contribution in [0.25, 0.3) is 0 Å². The second-order valence-electron chi connectivity index (χ2n) is 5.53. The van der Waals surface area contributed by atoms with E-state index in [9.17, 15) is 0 Å². The van der Waals surface area contributed by atoms with Crippen LogP contribution < -0.4 is 10.5 Å². The molecule has 20 heavy (non-hydrogen) atoms. The van der Waals surface area contributed by atoms with Crippen LogP contribution in [0.3, 0.4) is 0 Å². The number of likely N-dealkylation sites (N-methyl/N-ethyl adjacent to an activating group) is 1. The van der Waals surface area contributed by atoms with Gasteiger partial charge in [-0.05, 0) is 49.9 Å². The number of benzene rings is 1. The quantitative estimate of drug-likeness (QED) is 0.662. The minimum atomic E-state index is 0.600. The predicted octanol–water partition coefficient (Wildman–Crippen LogP) is 2.10. The van der Waals surface area contributed by atoms with E-state index >= 15 is 0 Å². The molecule has 0 aliphatic heterocycles. The van der Waals surface area contributed by atoms with Crippen molar-refractivity contribution in [3.63, 3.8) is 0 Å². The molecule has 0 fully saturated rings. The molecular formula is C16H26N2O2. The maximum Gasteiger partial charge on any atom is 0.145 e. The molecule has 1 unspecified atom stereocenters. The fourth-order valence-corrected chi connectivity index (χ4v) is 3.07. The first-order valence-electron chi connectivity index (χ1n) is 7.30. The average Bonchev–Trinajstić information content (AvgIpc) is 2.67. The molecule has 1 aliphatic carbocycles. The van der Waals surface area contributed by atoms with Gasteiger partial charge in [0.15, 0.2) is 0 Å². The van der Waals surface area contributed by atoms with Crippen LogP contribution in [-0.4, -0.2) is 45.4 Å². The van der Waals surface area contributed by atoms with Crippen LogP contribution in [0.4, 0.5) is 5.69 Å². The zero-order valence-electron chi connectivity index (χ0n) is 12.8. The molecule has 0 saturated carbocycles. The highest BCUT2D eigenvalue weighted by molar-refractivity contribution is 5.59. The van der Waals surface area contributed by atoms with E-state index in [2.05, 4.69) is 18.0 Å². The van der Waals surface area contributed by atoms with E-state index in [1.807, 2.05) is 6.07 Å². The SMILES string of the molecule is COCCN(C)C1CCc2ccc(N)c(OC)c2CC1. The zero-order chi connectivity index (χ0) is 14.5. The van der Waals surface area contributed by atoms with Gasteiger partial charge in [-0.2, -0.15) is 0 Å². The first kappa shape index (κ1) is 15.1. The highest BCUT2D eigenvalue weighted by atomic mass is 16.5. The van der Waals surface area contributed by atoms with Crippen molar-refractivity contribution in [2.24, 2.45) is 0 Å². The molecule has 0 spiro atoms. The lowest BCUT2D eigenvalue weighted by Crippen LogP contribution is -2.34. The first-order chi connectivity index (χ1) is 9.67. The third-order valence-corrected chi connectivity index (χ3v) is 4.34. The van der Waals surface area contributed by atoms with E-state index in [4.69, 9.17) is 15.2 Å². The van der Waals surface area contributed by atoms with Crippen molar-refractivity contribution < 1.29 is 9.47 Å². The minimum Gasteiger partial charge on any atom is -0.494 e. The monoisotopic (exact) mass is 278 g/mol. The topological polar surface area (TPSA) is 47.7 Å². The van der Waals surface area contributed by atoms with E-state index in [0.717, 1.165) is 43.9 Å². The van der Waals surface area contributed by atoms with Crippen LogP contribution >= 0.6 is 0 Å². The molecular weight excluding hydrogens is 252 g/mol. The summed E-state index contributed by atoms with van der Waals surface area (Å²) in [4.78, 5) is 2.41. The largest absolute Gasteiger partial charge is 0.494 e. The number of fused-ring (bicyclic) bond motifs is 1. The van der Waals surface area contributed by atoms with Crippen LogP contribution in [0, 0.1) is 0 Å². The molecule has 0 heterocycles. The van der Waals surface area contributed by atoms with Gasteiger partial charge in [-0.3, -0.25) is 0 Å². The minimum absolute atomic E-state index is 0.600. The molecule has 1 aromatic carbocycles. The van der Waals surface area contributed by atoms with E-state index in [1.54, 1.807) is 14.2 Å². The van der Waals surface area contributed by atoms with Gasteiger partial charge in [0.1, 0.15) is 5.75 Å². The Balaban J connectivity index is 2.10. The summed E-state index contributed by atoms with van der Waals surface area (Å²) in [5, 5.41) is 0. The summed E-state index contributed by atoms with van der Waals surface area (Å²) in [6.07, 6.45) is 4.45. The van der Waals surface area contributed by atoms with Crippen molar-refractivity contribution in [3.05, 3.63) is 23.3 Å². The number of nitrogen functional groups attached to an aromatic ring is 1. The fourth-order valence-electron chi connectivity index (χ4n) is 3.07. The lowest BCUT2D eigenvalue weighted by atomic mass is 10.0. The number of nitrogens with two attached hydrogens (primary N) is 1. The maximum absolute atomic E-state index is 6.01. The van der Waals surface area contributed by atoms with Gasteiger partial charge in [0.25, 0.3) is 0 Å². The Morgan fingerprint density at radius 2 is 2.00 bits per heavy atom. The van der Waals surface area contributed by atoms with Crippen molar-refractivity contribution >= 4 is 5.69 Å². The van der Waals surface area contributed by atoms with Gasteiger partial charge in [-0.1, -0.05) is 6.07 Å². The van der Waals surface area contributed by atoms with E-state index in [1.165, 1.54) is 17.5 Å². The van der Waals surface area contributed by atoms with Crippen LogP contribution in [-0.2, 0) is 17.6 Å². The zero-order valence-corrected chi connectivity index (χ0v) is 12.8. The predicted molar refractivity (Wildman–Crippen MR) is 82.3 cm³/mol. The van der Waals surface area contributed by atoms with Gasteiger partial charge in [0.05, 0.1) is 19.4 Å². The van der Waals surface area contributed by atoms with Crippen molar-refractivity contribution in [2.45, 2.75) is 31.7 Å². The first-order valence-corrected chi connectivity index (χ1v) is 7.30. The Labute approximate surface area is 121 Å². The number of ether oxygens (including phenoxy) is 2. The number of rotatable bonds is 5. The standard InChI is InChI=1S/C16H26N2O2/c1-18(10-11-19-2)13-6-4-12-5-9-15(17)16(20-3)14(12)8-7-13/h5,9,13H,4,6-8,10-11,17H2,1-3H3. The van der Waals surface area contributed by atoms with E-state index < -0.39 is 0 Å². The Bertz CT molecular complexity index is 448. The average molecular weight is 278 g/mol. The highest BCUT2D eigenvalue weighted by Gasteiger charge is 2.22. The molecule has 4 nitrogen and oxygen atoms in total. The van der Waals surface area contributed by atoms with Crippen LogP contribution in [0.2, 0.25) is 0 Å². The van der Waals surface area contributed by atoms with Gasteiger partial charge in [0, 0.05) is 19.7 Å². The molecule has 0 radical (unpaired) electrons. The van der Waals surface area contributed by atoms with Crippen LogP contribution in [0.15, 0.2) is 12.1 Å². The second kappa shape index (κ2) is 6.95. The van der Waals surface area contributed by atoms with Crippen LogP contribution in [0.5, 0.6) is 5.75 Å². The summed E-state index contributed by atoms with van der Waals surface area (Å²) in [5.74, 6) is 0.877. The summed E-state index contributed by atoms with van der Waals surface area (Å²) in [5.41, 5.74) is 9.45. The molecule has 0 amide bonds. The molecule has 1 aliphatic rings. The lowest BCUT2D eigenvalue weighted by Gasteiger charge is -2.26. The smallest absolute Gasteiger partial charge is 0.145 e. The highest BCUT2D eigenvalue weighted by Crippen LogP contribution is 2.34. The molecule has 112 valence electrons. The lowest BCUT2D eigenvalue weighted by molar-refractivity contribution is 0.133. The van der Waals surface area contributed by atoms with Gasteiger partial charge < -0.3 is 20.1 Å². The number of anilines is 1. The molecule has 4 heteroatoms. The van der Waals surface area contributed by atoms with Crippen molar-refractivity contribution in [1.29, 1.82) is 0 Å². The summed E-state index contributed by atoms with van der Waals surface area (Å²) in [6.45, 7) is 1.77. The maximum atomic E-state index is 6.01. The van der Waals surface area contributed by atoms with Gasteiger partial charge in [-0.15, -0.1) is 0 Å². The van der Waals surface area contributed by atoms with E-state index in [0.29, 0.717) is 6.04 Å². The third-order valence-electron chi connectivity index (χ3n) is 4.34. The molecule has 1 aromatic rings. The van der Waals surface area contributed by atoms with Crippen LogP contribution in [0.1, 0.15) is 24.0 Å². The molecule has 1 atom stereocenters. The molecule has 0 aromatic heterocycles. The van der Waals surface area contributed by atoms with Crippen molar-refractivity contribution in [3.8, 4) is 5.75 Å². The number of nitrogens with zero attached hydrogens (tertiary/aromatic N) is 1. The third kappa shape index (κ3) is 3.25. The Hall–Kier alpha value is -1.26. The normalized spacial score (nSPS) is 18.7.